The van der Waals surface area contributed by atoms with E-state index in [4.69, 9.17) is 0 Å². The minimum atomic E-state index is -4.55. The lowest BCUT2D eigenvalue weighted by molar-refractivity contribution is 0.438. The summed E-state index contributed by atoms with van der Waals surface area (Å²) in [6.07, 6.45) is 0.119. The predicted molar refractivity (Wildman–Crippen MR) is 34.9 cm³/mol. The van der Waals surface area contributed by atoms with Gasteiger partial charge in [0.15, 0.2) is 0 Å². The third kappa shape index (κ3) is 2.60. The van der Waals surface area contributed by atoms with Crippen LogP contribution in [0, 0.1) is 5.92 Å². The first kappa shape index (κ1) is 7.92. The molecule has 60 valence electrons. The Balaban J connectivity index is 2.24. The van der Waals surface area contributed by atoms with Crippen LogP contribution in [-0.2, 0) is 0 Å². The van der Waals surface area contributed by atoms with Crippen molar-refractivity contribution in [3.63, 3.8) is 0 Å². The van der Waals surface area contributed by atoms with Crippen molar-refractivity contribution in [1.29, 1.82) is 0 Å². The van der Waals surface area contributed by atoms with E-state index in [1.165, 1.54) is 0 Å². The number of halogens is 3. The third-order valence-electron chi connectivity index (χ3n) is 1.76. The Morgan fingerprint density at radius 2 is 2.10 bits per heavy atom. The summed E-state index contributed by atoms with van der Waals surface area (Å²) < 4.78 is 35.2. The molecule has 0 aromatic rings. The Labute approximate surface area is 58.0 Å². The molecular weight excluding hydrogens is 142 g/mol. The van der Waals surface area contributed by atoms with Gasteiger partial charge in [0.1, 0.15) is 0 Å². The van der Waals surface area contributed by atoms with Gasteiger partial charge in [-0.15, -0.1) is 0 Å². The van der Waals surface area contributed by atoms with E-state index in [-0.39, 0.29) is 5.92 Å². The molecule has 1 rings (SSSR count). The molecule has 1 heterocycles. The van der Waals surface area contributed by atoms with Crippen molar-refractivity contribution in [3.05, 3.63) is 0 Å². The minimum absolute atomic E-state index is 0.153. The van der Waals surface area contributed by atoms with Crippen LogP contribution in [0.2, 0.25) is 6.32 Å². The molecule has 0 spiro atoms. The number of hydrogen-bond acceptors (Lipinski definition) is 1. The van der Waals surface area contributed by atoms with Gasteiger partial charge in [-0.3, -0.25) is 0 Å². The molecular formula is C5H10BF3N-. The first-order valence-electron chi connectivity index (χ1n) is 3.49. The number of rotatable bonds is 2. The van der Waals surface area contributed by atoms with Gasteiger partial charge in [0.2, 0.25) is 0 Å². The van der Waals surface area contributed by atoms with Crippen LogP contribution in [0.1, 0.15) is 6.42 Å². The van der Waals surface area contributed by atoms with E-state index < -0.39 is 13.3 Å². The molecule has 0 amide bonds. The maximum absolute atomic E-state index is 11.7. The lowest BCUT2D eigenvalue weighted by Crippen LogP contribution is -2.21. The van der Waals surface area contributed by atoms with E-state index in [2.05, 4.69) is 5.32 Å². The van der Waals surface area contributed by atoms with Crippen LogP contribution >= 0.6 is 0 Å². The molecule has 0 saturated carbocycles. The van der Waals surface area contributed by atoms with E-state index >= 15 is 0 Å². The molecule has 1 N–H and O–H groups in total. The lowest BCUT2D eigenvalue weighted by atomic mass is 9.78. The molecule has 1 fully saturated rings. The van der Waals surface area contributed by atoms with Gasteiger partial charge in [-0.25, -0.2) is 0 Å². The quantitative estimate of drug-likeness (QED) is 0.590. The Hall–Kier alpha value is -0.185. The van der Waals surface area contributed by atoms with E-state index in [0.717, 1.165) is 6.54 Å². The Morgan fingerprint density at radius 3 is 2.50 bits per heavy atom. The van der Waals surface area contributed by atoms with Gasteiger partial charge in [-0.2, -0.15) is 0 Å². The minimum Gasteiger partial charge on any atom is -0.449 e. The maximum atomic E-state index is 11.7. The molecule has 0 aliphatic carbocycles. The fourth-order valence-corrected chi connectivity index (χ4v) is 1.29. The zero-order chi connectivity index (χ0) is 7.61. The zero-order valence-corrected chi connectivity index (χ0v) is 5.62. The second kappa shape index (κ2) is 2.82. The highest BCUT2D eigenvalue weighted by atomic mass is 19.4. The van der Waals surface area contributed by atoms with Crippen molar-refractivity contribution >= 4 is 6.98 Å². The zero-order valence-electron chi connectivity index (χ0n) is 5.62. The van der Waals surface area contributed by atoms with Crippen LogP contribution < -0.4 is 5.32 Å². The van der Waals surface area contributed by atoms with Gasteiger partial charge < -0.3 is 18.3 Å². The van der Waals surface area contributed by atoms with E-state index in [1.54, 1.807) is 0 Å². The molecule has 0 aromatic heterocycles. The summed E-state index contributed by atoms with van der Waals surface area (Å²) in [6, 6.07) is 0. The summed E-state index contributed by atoms with van der Waals surface area (Å²) in [4.78, 5) is 0. The first-order valence-corrected chi connectivity index (χ1v) is 3.49. The summed E-state index contributed by atoms with van der Waals surface area (Å²) in [5.74, 6) is -0.153. The molecule has 0 radical (unpaired) electrons. The van der Waals surface area contributed by atoms with Gasteiger partial charge in [0, 0.05) is 0 Å². The summed E-state index contributed by atoms with van der Waals surface area (Å²) >= 11 is 0. The molecule has 10 heavy (non-hydrogen) atoms. The molecule has 1 nitrogen and oxygen atoms in total. The monoisotopic (exact) mass is 152 g/mol. The molecule has 1 atom stereocenters. The first-order chi connectivity index (χ1) is 4.58. The normalized spacial score (nSPS) is 27.3. The largest absolute Gasteiger partial charge is 0.478 e. The highest BCUT2D eigenvalue weighted by Crippen LogP contribution is 2.24. The van der Waals surface area contributed by atoms with Crippen LogP contribution in [0.4, 0.5) is 12.9 Å². The van der Waals surface area contributed by atoms with Crippen LogP contribution in [0.5, 0.6) is 0 Å². The van der Waals surface area contributed by atoms with Crippen LogP contribution in [-0.4, -0.2) is 20.1 Å². The van der Waals surface area contributed by atoms with Gasteiger partial charge >= 0.3 is 6.98 Å². The van der Waals surface area contributed by atoms with Gasteiger partial charge in [-0.1, -0.05) is 12.2 Å². The van der Waals surface area contributed by atoms with Crippen molar-refractivity contribution in [2.24, 2.45) is 5.92 Å². The number of nitrogens with one attached hydrogen (secondary N) is 1. The molecule has 0 bridgehead atoms. The van der Waals surface area contributed by atoms with Crippen LogP contribution in [0.3, 0.4) is 0 Å². The fourth-order valence-electron chi connectivity index (χ4n) is 1.29. The molecule has 1 unspecified atom stereocenters. The van der Waals surface area contributed by atoms with E-state index in [9.17, 15) is 12.9 Å². The Morgan fingerprint density at radius 1 is 1.40 bits per heavy atom. The predicted octanol–water partition coefficient (Wildman–Crippen LogP) is 1.44. The molecule has 1 aliphatic heterocycles. The van der Waals surface area contributed by atoms with Crippen molar-refractivity contribution in [3.8, 4) is 0 Å². The molecule has 1 saturated heterocycles. The summed E-state index contributed by atoms with van der Waals surface area (Å²) in [6.45, 7) is -3.26. The molecule has 0 aromatic carbocycles. The van der Waals surface area contributed by atoms with Gasteiger partial charge in [0.25, 0.3) is 0 Å². The Kier molecular flexibility index (Phi) is 2.23. The van der Waals surface area contributed by atoms with Crippen molar-refractivity contribution in [2.45, 2.75) is 12.7 Å². The number of hydrogen-bond donors (Lipinski definition) is 1. The van der Waals surface area contributed by atoms with Gasteiger partial charge in [0.05, 0.1) is 0 Å². The average molecular weight is 152 g/mol. The van der Waals surface area contributed by atoms with E-state index in [0.29, 0.717) is 13.0 Å². The fraction of sp³-hybridized carbons (Fsp3) is 1.00. The third-order valence-corrected chi connectivity index (χ3v) is 1.76. The Bertz CT molecular complexity index is 108. The van der Waals surface area contributed by atoms with Crippen molar-refractivity contribution in [1.82, 2.24) is 5.32 Å². The summed E-state index contributed by atoms with van der Waals surface area (Å²) in [7, 11) is 0. The van der Waals surface area contributed by atoms with Crippen LogP contribution in [0.25, 0.3) is 0 Å². The van der Waals surface area contributed by atoms with Crippen LogP contribution in [0.15, 0.2) is 0 Å². The lowest BCUT2D eigenvalue weighted by Gasteiger charge is -2.17. The topological polar surface area (TPSA) is 12.0 Å². The summed E-state index contributed by atoms with van der Waals surface area (Å²) in [5.41, 5.74) is 0. The highest BCUT2D eigenvalue weighted by molar-refractivity contribution is 6.58. The average Bonchev–Trinajstić information content (AvgIpc) is 2.12. The molecule has 1 aliphatic rings. The van der Waals surface area contributed by atoms with Crippen molar-refractivity contribution in [2.75, 3.05) is 13.1 Å². The standard InChI is InChI=1S/C5H10BF3N/c7-6(8,9)3-5-1-2-10-4-5/h5,10H,1-4H2/q-1. The second-order valence-corrected chi connectivity index (χ2v) is 2.80. The van der Waals surface area contributed by atoms with Crippen molar-refractivity contribution < 1.29 is 12.9 Å². The van der Waals surface area contributed by atoms with E-state index in [1.807, 2.05) is 0 Å². The van der Waals surface area contributed by atoms with Gasteiger partial charge in [-0.05, 0) is 19.5 Å². The summed E-state index contributed by atoms with van der Waals surface area (Å²) in [5, 5.41) is 2.90. The smallest absolute Gasteiger partial charge is 0.449 e. The molecule has 5 heteroatoms. The maximum Gasteiger partial charge on any atom is 0.478 e. The second-order valence-electron chi connectivity index (χ2n) is 2.80. The highest BCUT2D eigenvalue weighted by Gasteiger charge is 2.28. The SMILES string of the molecule is F[B-](F)(F)CC1CCNC1.